The average molecular weight is 277 g/mol. The van der Waals surface area contributed by atoms with Crippen molar-refractivity contribution in [2.45, 2.75) is 45.6 Å². The first-order valence-electron chi connectivity index (χ1n) is 7.72. The largest absolute Gasteiger partial charge is 0.504 e. The van der Waals surface area contributed by atoms with Crippen LogP contribution in [0.4, 0.5) is 0 Å². The second kappa shape index (κ2) is 6.98. The van der Waals surface area contributed by atoms with Gasteiger partial charge in [0.05, 0.1) is 7.11 Å². The summed E-state index contributed by atoms with van der Waals surface area (Å²) in [7, 11) is 1.58. The molecule has 1 saturated carbocycles. The van der Waals surface area contributed by atoms with Gasteiger partial charge < -0.3 is 15.2 Å². The average Bonchev–Trinajstić information content (AvgIpc) is 2.46. The highest BCUT2D eigenvalue weighted by Crippen LogP contribution is 2.31. The fourth-order valence-electron chi connectivity index (χ4n) is 3.11. The van der Waals surface area contributed by atoms with E-state index in [-0.39, 0.29) is 11.8 Å². The Morgan fingerprint density at radius 3 is 2.80 bits per heavy atom. The monoisotopic (exact) mass is 277 g/mol. The van der Waals surface area contributed by atoms with Crippen LogP contribution in [0.2, 0.25) is 0 Å². The third-order valence-corrected chi connectivity index (χ3v) is 4.68. The van der Waals surface area contributed by atoms with Gasteiger partial charge in [-0.1, -0.05) is 32.3 Å². The molecular weight excluding hydrogens is 250 g/mol. The predicted octanol–water partition coefficient (Wildman–Crippen LogP) is 3.88. The van der Waals surface area contributed by atoms with Gasteiger partial charge in [-0.15, -0.1) is 0 Å². The first kappa shape index (κ1) is 15.2. The summed E-state index contributed by atoms with van der Waals surface area (Å²) >= 11 is 0. The van der Waals surface area contributed by atoms with Crippen LogP contribution in [0.25, 0.3) is 0 Å². The summed E-state index contributed by atoms with van der Waals surface area (Å²) in [6.45, 7) is 5.62. The summed E-state index contributed by atoms with van der Waals surface area (Å²) in [6.07, 6.45) is 5.48. The summed E-state index contributed by atoms with van der Waals surface area (Å²) in [4.78, 5) is 0. The van der Waals surface area contributed by atoms with Gasteiger partial charge in [-0.3, -0.25) is 0 Å². The molecule has 0 aromatic heterocycles. The second-order valence-corrected chi connectivity index (χ2v) is 6.08. The van der Waals surface area contributed by atoms with Gasteiger partial charge in [-0.2, -0.15) is 0 Å². The minimum atomic E-state index is 0.198. The zero-order chi connectivity index (χ0) is 14.5. The van der Waals surface area contributed by atoms with Crippen molar-refractivity contribution >= 4 is 0 Å². The maximum Gasteiger partial charge on any atom is 0.160 e. The highest BCUT2D eigenvalue weighted by molar-refractivity contribution is 5.42. The lowest BCUT2D eigenvalue weighted by Crippen LogP contribution is -2.31. The van der Waals surface area contributed by atoms with E-state index in [0.29, 0.717) is 5.75 Å². The van der Waals surface area contributed by atoms with Crippen LogP contribution in [-0.2, 0) is 0 Å². The number of ether oxygens (including phenoxy) is 1. The van der Waals surface area contributed by atoms with Crippen molar-refractivity contribution in [1.82, 2.24) is 5.32 Å². The maximum atomic E-state index is 9.64. The van der Waals surface area contributed by atoms with E-state index in [1.807, 2.05) is 12.1 Å². The Labute approximate surface area is 122 Å². The van der Waals surface area contributed by atoms with E-state index in [1.54, 1.807) is 13.2 Å². The van der Waals surface area contributed by atoms with Crippen LogP contribution in [0.15, 0.2) is 18.2 Å². The third-order valence-electron chi connectivity index (χ3n) is 4.68. The van der Waals surface area contributed by atoms with Gasteiger partial charge in [-0.25, -0.2) is 0 Å². The van der Waals surface area contributed by atoms with Crippen LogP contribution >= 0.6 is 0 Å². The molecule has 0 saturated heterocycles. The SMILES string of the molecule is COc1cc(C(C)NCC2CCCCC2C)ccc1O. The van der Waals surface area contributed by atoms with Gasteiger partial charge in [-0.05, 0) is 49.4 Å². The van der Waals surface area contributed by atoms with E-state index in [9.17, 15) is 5.11 Å². The summed E-state index contributed by atoms with van der Waals surface area (Å²) in [6, 6.07) is 5.85. The van der Waals surface area contributed by atoms with Crippen molar-refractivity contribution in [2.24, 2.45) is 11.8 Å². The Kier molecular flexibility index (Phi) is 5.30. The van der Waals surface area contributed by atoms with Crippen molar-refractivity contribution in [3.63, 3.8) is 0 Å². The lowest BCUT2D eigenvalue weighted by molar-refractivity contribution is 0.242. The quantitative estimate of drug-likeness (QED) is 0.858. The number of phenols is 1. The van der Waals surface area contributed by atoms with E-state index in [0.717, 1.165) is 23.9 Å². The molecule has 2 N–H and O–H groups in total. The normalized spacial score (nSPS) is 24.4. The van der Waals surface area contributed by atoms with Gasteiger partial charge in [0.25, 0.3) is 0 Å². The van der Waals surface area contributed by atoms with Crippen molar-refractivity contribution in [2.75, 3.05) is 13.7 Å². The number of aromatic hydroxyl groups is 1. The predicted molar refractivity (Wildman–Crippen MR) is 82.2 cm³/mol. The smallest absolute Gasteiger partial charge is 0.160 e. The molecule has 3 nitrogen and oxygen atoms in total. The zero-order valence-electron chi connectivity index (χ0n) is 12.9. The summed E-state index contributed by atoms with van der Waals surface area (Å²) < 4.78 is 5.17. The van der Waals surface area contributed by atoms with Crippen LogP contribution in [0.3, 0.4) is 0 Å². The number of hydrogen-bond donors (Lipinski definition) is 2. The highest BCUT2D eigenvalue weighted by atomic mass is 16.5. The molecular formula is C17H27NO2. The van der Waals surface area contributed by atoms with Crippen molar-refractivity contribution in [3.05, 3.63) is 23.8 Å². The number of rotatable bonds is 5. The summed E-state index contributed by atoms with van der Waals surface area (Å²) in [5.74, 6) is 2.37. The van der Waals surface area contributed by atoms with Gasteiger partial charge in [0.15, 0.2) is 11.5 Å². The molecule has 0 spiro atoms. The molecule has 2 rings (SSSR count). The molecule has 1 aromatic rings. The van der Waals surface area contributed by atoms with Gasteiger partial charge in [0.2, 0.25) is 0 Å². The van der Waals surface area contributed by atoms with Crippen LogP contribution in [0.1, 0.15) is 51.1 Å². The number of nitrogens with one attached hydrogen (secondary N) is 1. The molecule has 0 bridgehead atoms. The topological polar surface area (TPSA) is 41.5 Å². The van der Waals surface area contributed by atoms with Crippen molar-refractivity contribution in [3.8, 4) is 11.5 Å². The lowest BCUT2D eigenvalue weighted by atomic mass is 9.80. The first-order chi connectivity index (χ1) is 9.61. The van der Waals surface area contributed by atoms with E-state index in [1.165, 1.54) is 25.7 Å². The molecule has 20 heavy (non-hydrogen) atoms. The summed E-state index contributed by atoms with van der Waals surface area (Å²) in [5, 5.41) is 13.3. The number of hydrogen-bond acceptors (Lipinski definition) is 3. The first-order valence-corrected chi connectivity index (χ1v) is 7.72. The number of benzene rings is 1. The number of methoxy groups -OCH3 is 1. The van der Waals surface area contributed by atoms with Crippen molar-refractivity contribution < 1.29 is 9.84 Å². The maximum absolute atomic E-state index is 9.64. The van der Waals surface area contributed by atoms with E-state index in [2.05, 4.69) is 19.2 Å². The fraction of sp³-hybridized carbons (Fsp3) is 0.647. The Balaban J connectivity index is 1.92. The van der Waals surface area contributed by atoms with Gasteiger partial charge >= 0.3 is 0 Å². The zero-order valence-corrected chi connectivity index (χ0v) is 12.9. The van der Waals surface area contributed by atoms with E-state index < -0.39 is 0 Å². The molecule has 0 heterocycles. The number of phenolic OH excluding ortho intramolecular Hbond substituents is 1. The molecule has 0 aliphatic heterocycles. The Morgan fingerprint density at radius 2 is 2.10 bits per heavy atom. The van der Waals surface area contributed by atoms with Crippen LogP contribution < -0.4 is 10.1 Å². The van der Waals surface area contributed by atoms with Gasteiger partial charge in [0, 0.05) is 6.04 Å². The standard InChI is InChI=1S/C17H27NO2/c1-12-6-4-5-7-15(12)11-18-13(2)14-8-9-16(19)17(10-14)20-3/h8-10,12-13,15,18-19H,4-7,11H2,1-3H3. The fourth-order valence-corrected chi connectivity index (χ4v) is 3.11. The van der Waals surface area contributed by atoms with Crippen LogP contribution in [-0.4, -0.2) is 18.8 Å². The Morgan fingerprint density at radius 1 is 1.35 bits per heavy atom. The lowest BCUT2D eigenvalue weighted by Gasteiger charge is -2.30. The molecule has 3 heteroatoms. The molecule has 112 valence electrons. The van der Waals surface area contributed by atoms with Gasteiger partial charge in [0.1, 0.15) is 0 Å². The molecule has 0 radical (unpaired) electrons. The molecule has 0 amide bonds. The Hall–Kier alpha value is -1.22. The van der Waals surface area contributed by atoms with Crippen molar-refractivity contribution in [1.29, 1.82) is 0 Å². The molecule has 1 aliphatic rings. The molecule has 1 fully saturated rings. The van der Waals surface area contributed by atoms with Crippen LogP contribution in [0, 0.1) is 11.8 Å². The minimum Gasteiger partial charge on any atom is -0.504 e. The second-order valence-electron chi connectivity index (χ2n) is 6.08. The van der Waals surface area contributed by atoms with Crippen LogP contribution in [0.5, 0.6) is 11.5 Å². The Bertz CT molecular complexity index is 433. The molecule has 3 unspecified atom stereocenters. The highest BCUT2D eigenvalue weighted by Gasteiger charge is 2.21. The van der Waals surface area contributed by atoms with E-state index >= 15 is 0 Å². The minimum absolute atomic E-state index is 0.198. The molecule has 1 aromatic carbocycles. The van der Waals surface area contributed by atoms with E-state index in [4.69, 9.17) is 4.74 Å². The molecule has 3 atom stereocenters. The summed E-state index contributed by atoms with van der Waals surface area (Å²) in [5.41, 5.74) is 1.16. The molecule has 1 aliphatic carbocycles. The third kappa shape index (κ3) is 3.66.